The molecule has 0 aliphatic carbocycles. The van der Waals surface area contributed by atoms with Gasteiger partial charge in [-0.05, 0) is 67.4 Å². The zero-order chi connectivity index (χ0) is 27.9. The Labute approximate surface area is 233 Å². The number of carbonyl (C=O) groups is 1. The Morgan fingerprint density at radius 3 is 2.45 bits per heavy atom. The molecular weight excluding hydrogens is 506 g/mol. The zero-order valence-corrected chi connectivity index (χ0v) is 22.7. The summed E-state index contributed by atoms with van der Waals surface area (Å²) in [6.45, 7) is 8.55. The molecule has 3 aromatic carbocycles. The molecule has 1 amide bonds. The van der Waals surface area contributed by atoms with Gasteiger partial charge in [-0.25, -0.2) is 0 Å². The van der Waals surface area contributed by atoms with Crippen molar-refractivity contribution in [2.24, 2.45) is 0 Å². The van der Waals surface area contributed by atoms with E-state index in [-0.39, 0.29) is 17.2 Å². The molecule has 40 heavy (non-hydrogen) atoms. The van der Waals surface area contributed by atoms with Gasteiger partial charge in [0.05, 0.1) is 25.1 Å². The van der Waals surface area contributed by atoms with E-state index >= 15 is 0 Å². The van der Waals surface area contributed by atoms with Gasteiger partial charge >= 0.3 is 0 Å². The van der Waals surface area contributed by atoms with Crippen molar-refractivity contribution >= 4 is 17.3 Å². The average Bonchev–Trinajstić information content (AvgIpc) is 2.98. The number of morpholine rings is 1. The third-order valence-electron chi connectivity index (χ3n) is 6.95. The normalized spacial score (nSPS) is 13.6. The van der Waals surface area contributed by atoms with Crippen LogP contribution in [-0.4, -0.2) is 60.0 Å². The lowest BCUT2D eigenvalue weighted by molar-refractivity contribution is 0.0383. The predicted octanol–water partition coefficient (Wildman–Crippen LogP) is 4.45. The second-order valence-corrected chi connectivity index (χ2v) is 9.65. The summed E-state index contributed by atoms with van der Waals surface area (Å²) in [5.41, 5.74) is 3.75. The summed E-state index contributed by atoms with van der Waals surface area (Å²) in [5, 5.41) is 10.6. The fourth-order valence-corrected chi connectivity index (χ4v) is 4.44. The third-order valence-corrected chi connectivity index (χ3v) is 6.95. The maximum Gasteiger partial charge on any atom is 0.299 e. The molecule has 206 valence electrons. The zero-order valence-electron chi connectivity index (χ0n) is 22.7. The van der Waals surface area contributed by atoms with E-state index in [1.807, 2.05) is 62.4 Å². The average molecular weight is 540 g/mol. The molecule has 4 aromatic rings. The van der Waals surface area contributed by atoms with Crippen molar-refractivity contribution in [3.05, 3.63) is 106 Å². The van der Waals surface area contributed by atoms with Gasteiger partial charge in [0, 0.05) is 37.4 Å². The van der Waals surface area contributed by atoms with E-state index in [0.29, 0.717) is 35.0 Å². The monoisotopic (exact) mass is 539 g/mol. The van der Waals surface area contributed by atoms with Crippen molar-refractivity contribution in [3.63, 3.8) is 0 Å². The Balaban J connectivity index is 1.36. The first-order valence-corrected chi connectivity index (χ1v) is 13.4. The van der Waals surface area contributed by atoms with E-state index in [2.05, 4.69) is 20.6 Å². The number of hydrogen-bond acceptors (Lipinski definition) is 7. The number of ether oxygens (including phenoxy) is 2. The molecule has 9 nitrogen and oxygen atoms in total. The minimum absolute atomic E-state index is 0.144. The Hall–Kier alpha value is -4.47. The Bertz CT molecular complexity index is 1510. The van der Waals surface area contributed by atoms with Crippen molar-refractivity contribution in [2.45, 2.75) is 13.8 Å². The second-order valence-electron chi connectivity index (χ2n) is 9.65. The number of para-hydroxylation sites is 1. The molecule has 1 aliphatic heterocycles. The lowest BCUT2D eigenvalue weighted by Crippen LogP contribution is -2.41. The van der Waals surface area contributed by atoms with Crippen LogP contribution < -0.4 is 20.9 Å². The van der Waals surface area contributed by atoms with Crippen LogP contribution in [0, 0.1) is 13.8 Å². The number of carbonyl (C=O) groups excluding carboxylic acids is 1. The number of nitrogens with one attached hydrogen (secondary N) is 2. The van der Waals surface area contributed by atoms with Crippen LogP contribution in [0.2, 0.25) is 0 Å². The number of aryl methyl sites for hydroxylation is 1. The molecule has 2 N–H and O–H groups in total. The van der Waals surface area contributed by atoms with E-state index < -0.39 is 0 Å². The van der Waals surface area contributed by atoms with Crippen LogP contribution in [0.25, 0.3) is 5.69 Å². The number of nitrogens with zero attached hydrogens (tertiary/aromatic N) is 3. The molecule has 1 aliphatic rings. The molecular formula is C31H33N5O4. The van der Waals surface area contributed by atoms with Gasteiger partial charge in [0.15, 0.2) is 11.4 Å². The molecule has 9 heteroatoms. The predicted molar refractivity (Wildman–Crippen MR) is 155 cm³/mol. The first-order valence-electron chi connectivity index (χ1n) is 13.4. The molecule has 0 saturated carbocycles. The molecule has 0 spiro atoms. The lowest BCUT2D eigenvalue weighted by atomic mass is 10.1. The molecule has 1 fully saturated rings. The van der Waals surface area contributed by atoms with E-state index in [1.54, 1.807) is 24.3 Å². The highest BCUT2D eigenvalue weighted by Gasteiger charge is 2.17. The summed E-state index contributed by atoms with van der Waals surface area (Å²) >= 11 is 0. The quantitative estimate of drug-likeness (QED) is 0.324. The van der Waals surface area contributed by atoms with Crippen LogP contribution in [0.3, 0.4) is 0 Å². The second kappa shape index (κ2) is 12.6. The number of benzene rings is 3. The van der Waals surface area contributed by atoms with Gasteiger partial charge in [-0.2, -0.15) is 9.78 Å². The largest absolute Gasteiger partial charge is 0.453 e. The first kappa shape index (κ1) is 27.1. The maximum absolute atomic E-state index is 13.6. The molecule has 0 unspecified atom stereocenters. The minimum atomic E-state index is -0.362. The fourth-order valence-electron chi connectivity index (χ4n) is 4.44. The Morgan fingerprint density at radius 2 is 1.70 bits per heavy atom. The summed E-state index contributed by atoms with van der Waals surface area (Å²) < 4.78 is 12.9. The summed E-state index contributed by atoms with van der Waals surface area (Å²) in [7, 11) is 0. The topological polar surface area (TPSA) is 97.7 Å². The first-order chi connectivity index (χ1) is 19.5. The van der Waals surface area contributed by atoms with E-state index in [4.69, 9.17) is 9.47 Å². The van der Waals surface area contributed by atoms with Crippen molar-refractivity contribution in [3.8, 4) is 17.2 Å². The van der Waals surface area contributed by atoms with E-state index in [9.17, 15) is 9.59 Å². The highest BCUT2D eigenvalue weighted by Crippen LogP contribution is 2.31. The van der Waals surface area contributed by atoms with Crippen molar-refractivity contribution < 1.29 is 14.3 Å². The van der Waals surface area contributed by atoms with Gasteiger partial charge in [0.1, 0.15) is 5.75 Å². The molecule has 0 radical (unpaired) electrons. The number of rotatable bonds is 9. The van der Waals surface area contributed by atoms with Crippen LogP contribution in [0.4, 0.5) is 11.4 Å². The number of aromatic nitrogens is 2. The van der Waals surface area contributed by atoms with Gasteiger partial charge in [0.2, 0.25) is 0 Å². The molecule has 2 heterocycles. The van der Waals surface area contributed by atoms with Crippen LogP contribution >= 0.6 is 0 Å². The van der Waals surface area contributed by atoms with Crippen LogP contribution in [0.1, 0.15) is 21.5 Å². The van der Waals surface area contributed by atoms with Crippen LogP contribution in [0.15, 0.2) is 83.8 Å². The third kappa shape index (κ3) is 6.39. The van der Waals surface area contributed by atoms with E-state index in [1.165, 1.54) is 10.9 Å². The number of amides is 1. The van der Waals surface area contributed by atoms with Crippen molar-refractivity contribution in [2.75, 3.05) is 44.7 Å². The molecule has 1 aromatic heterocycles. The summed E-state index contributed by atoms with van der Waals surface area (Å²) in [4.78, 5) is 28.6. The standard InChI is InChI=1S/C31H33N5O4/c1-22-7-6-10-27(23(22)2)40-28-21-33-36(26-8-4-3-5-9-26)31(38)29(28)34-25-13-11-24(12-14-25)30(37)32-15-16-35-17-19-39-20-18-35/h3-14,21,34H,15-20H2,1-2H3,(H,32,37). The van der Waals surface area contributed by atoms with Gasteiger partial charge < -0.3 is 20.1 Å². The summed E-state index contributed by atoms with van der Waals surface area (Å²) in [5.74, 6) is 0.802. The van der Waals surface area contributed by atoms with Crippen molar-refractivity contribution in [1.82, 2.24) is 20.0 Å². The number of anilines is 2. The van der Waals surface area contributed by atoms with Crippen molar-refractivity contribution in [1.29, 1.82) is 0 Å². The van der Waals surface area contributed by atoms with Gasteiger partial charge in [-0.1, -0.05) is 30.3 Å². The maximum atomic E-state index is 13.6. The number of hydrogen-bond donors (Lipinski definition) is 2. The minimum Gasteiger partial charge on any atom is -0.453 e. The molecule has 0 atom stereocenters. The summed E-state index contributed by atoms with van der Waals surface area (Å²) in [6, 6.07) is 22.0. The van der Waals surface area contributed by atoms with Gasteiger partial charge in [-0.3, -0.25) is 14.5 Å². The molecule has 5 rings (SSSR count). The molecule has 1 saturated heterocycles. The highest BCUT2D eigenvalue weighted by atomic mass is 16.5. The summed E-state index contributed by atoms with van der Waals surface area (Å²) in [6.07, 6.45) is 1.54. The SMILES string of the molecule is Cc1cccc(Oc2cnn(-c3ccccc3)c(=O)c2Nc2ccc(C(=O)NCCN3CCOCC3)cc2)c1C. The van der Waals surface area contributed by atoms with E-state index in [0.717, 1.165) is 44.0 Å². The fraction of sp³-hybridized carbons (Fsp3) is 0.258. The Morgan fingerprint density at radius 1 is 0.950 bits per heavy atom. The van der Waals surface area contributed by atoms with Crippen LogP contribution in [-0.2, 0) is 4.74 Å². The Kier molecular flexibility index (Phi) is 8.53. The highest BCUT2D eigenvalue weighted by molar-refractivity contribution is 5.94. The van der Waals surface area contributed by atoms with Gasteiger partial charge in [0.25, 0.3) is 11.5 Å². The lowest BCUT2D eigenvalue weighted by Gasteiger charge is -2.26. The van der Waals surface area contributed by atoms with Crippen LogP contribution in [0.5, 0.6) is 11.5 Å². The van der Waals surface area contributed by atoms with Gasteiger partial charge in [-0.15, -0.1) is 0 Å². The smallest absolute Gasteiger partial charge is 0.299 e. The molecule has 0 bridgehead atoms.